The van der Waals surface area contributed by atoms with E-state index in [-0.39, 0.29) is 29.7 Å². The van der Waals surface area contributed by atoms with Gasteiger partial charge in [0.05, 0.1) is 12.1 Å². The van der Waals surface area contributed by atoms with Gasteiger partial charge in [-0.3, -0.25) is 4.79 Å². The Morgan fingerprint density at radius 2 is 2.10 bits per heavy atom. The van der Waals surface area contributed by atoms with Gasteiger partial charge in [-0.15, -0.1) is 11.3 Å². The Morgan fingerprint density at radius 3 is 2.81 bits per heavy atom. The third-order valence-electron chi connectivity index (χ3n) is 6.88. The van der Waals surface area contributed by atoms with Crippen molar-refractivity contribution in [1.29, 1.82) is 5.26 Å². The van der Waals surface area contributed by atoms with E-state index in [1.165, 1.54) is 10.9 Å². The van der Waals surface area contributed by atoms with E-state index < -0.39 is 0 Å². The number of hydrogen-bond donors (Lipinski definition) is 1. The van der Waals surface area contributed by atoms with Crippen LogP contribution in [0.3, 0.4) is 0 Å². The molecule has 0 fully saturated rings. The molecule has 0 saturated heterocycles. The van der Waals surface area contributed by atoms with Crippen LogP contribution in [0.1, 0.15) is 62.1 Å². The van der Waals surface area contributed by atoms with Crippen molar-refractivity contribution in [3.63, 3.8) is 0 Å². The number of benzene rings is 1. The van der Waals surface area contributed by atoms with E-state index in [9.17, 15) is 14.4 Å². The number of rotatable bonds is 3. The summed E-state index contributed by atoms with van der Waals surface area (Å²) in [5.74, 6) is 0.209. The Hall–Kier alpha value is -2.39. The van der Waals surface area contributed by atoms with Crippen LogP contribution in [-0.4, -0.2) is 18.5 Å². The number of aryl methyl sites for hydroxylation is 1. The van der Waals surface area contributed by atoms with Crippen LogP contribution in [0.15, 0.2) is 18.2 Å². The van der Waals surface area contributed by atoms with Gasteiger partial charge in [0.15, 0.2) is 0 Å². The lowest BCUT2D eigenvalue weighted by atomic mass is 9.72. The third-order valence-corrected chi connectivity index (χ3v) is 8.05. The molecule has 1 amide bonds. The molecule has 6 heteroatoms. The minimum Gasteiger partial charge on any atom is -0.359 e. The molecule has 0 saturated carbocycles. The highest BCUT2D eigenvalue weighted by atomic mass is 32.1. The smallest absolute Gasteiger partial charge is 0.244 e. The van der Waals surface area contributed by atoms with Crippen molar-refractivity contribution in [2.45, 2.75) is 65.8 Å². The molecular weight excluding hydrogens is 409 g/mol. The predicted molar refractivity (Wildman–Crippen MR) is 124 cm³/mol. The molecule has 4 nitrogen and oxygen atoms in total. The number of thiophene rings is 1. The van der Waals surface area contributed by atoms with Crippen LogP contribution in [0.25, 0.3) is 0 Å². The molecule has 0 bridgehead atoms. The van der Waals surface area contributed by atoms with E-state index in [0.717, 1.165) is 48.9 Å². The Labute approximate surface area is 188 Å². The van der Waals surface area contributed by atoms with Gasteiger partial charge in [0.2, 0.25) is 5.91 Å². The highest BCUT2D eigenvalue weighted by molar-refractivity contribution is 7.16. The average Bonchev–Trinajstić information content (AvgIpc) is 3.05. The van der Waals surface area contributed by atoms with Gasteiger partial charge >= 0.3 is 0 Å². The fourth-order valence-electron chi connectivity index (χ4n) is 4.89. The molecular formula is C25H30FN3OS. The zero-order chi connectivity index (χ0) is 22.3. The number of nitriles is 1. The van der Waals surface area contributed by atoms with Crippen LogP contribution in [-0.2, 0) is 24.1 Å². The fraction of sp³-hybridized carbons (Fsp3) is 0.520. The van der Waals surface area contributed by atoms with Gasteiger partial charge in [0, 0.05) is 16.6 Å². The number of anilines is 2. The van der Waals surface area contributed by atoms with E-state index in [0.29, 0.717) is 16.5 Å². The number of hydrogen-bond acceptors (Lipinski definition) is 4. The summed E-state index contributed by atoms with van der Waals surface area (Å²) in [4.78, 5) is 16.3. The first-order valence-electron chi connectivity index (χ1n) is 11.1. The van der Waals surface area contributed by atoms with Crippen molar-refractivity contribution >= 4 is 27.9 Å². The van der Waals surface area contributed by atoms with Crippen LogP contribution in [0.5, 0.6) is 0 Å². The van der Waals surface area contributed by atoms with Gasteiger partial charge < -0.3 is 10.2 Å². The van der Waals surface area contributed by atoms with Gasteiger partial charge in [-0.2, -0.15) is 5.26 Å². The summed E-state index contributed by atoms with van der Waals surface area (Å²) >= 11 is 1.56. The van der Waals surface area contributed by atoms with Gasteiger partial charge in [-0.1, -0.05) is 20.8 Å². The van der Waals surface area contributed by atoms with Crippen molar-refractivity contribution in [1.82, 2.24) is 0 Å². The molecule has 2 heterocycles. The normalized spacial score (nSPS) is 20.6. The number of nitrogens with one attached hydrogen (secondary N) is 1. The molecule has 1 aliphatic heterocycles. The predicted octanol–water partition coefficient (Wildman–Crippen LogP) is 5.69. The molecule has 2 aliphatic rings. The minimum absolute atomic E-state index is 0.133. The van der Waals surface area contributed by atoms with Crippen molar-refractivity contribution in [2.24, 2.45) is 11.3 Å². The first-order chi connectivity index (χ1) is 14.7. The van der Waals surface area contributed by atoms with Gasteiger partial charge in [0.25, 0.3) is 0 Å². The topological polar surface area (TPSA) is 56.1 Å². The molecule has 2 atom stereocenters. The number of nitrogens with zero attached hydrogens (tertiary/aromatic N) is 2. The first kappa shape index (κ1) is 21.8. The molecule has 1 aliphatic carbocycles. The van der Waals surface area contributed by atoms with Gasteiger partial charge in [-0.25, -0.2) is 4.39 Å². The number of carbonyl (C=O) groups is 1. The summed E-state index contributed by atoms with van der Waals surface area (Å²) in [6, 6.07) is 7.32. The van der Waals surface area contributed by atoms with Gasteiger partial charge in [0.1, 0.15) is 16.9 Å². The summed E-state index contributed by atoms with van der Waals surface area (Å²) in [5, 5.41) is 13.5. The Morgan fingerprint density at radius 1 is 1.32 bits per heavy atom. The quantitative estimate of drug-likeness (QED) is 0.668. The summed E-state index contributed by atoms with van der Waals surface area (Å²) in [5.41, 5.74) is 3.86. The number of fused-ring (bicyclic) bond motifs is 2. The first-order valence-corrected chi connectivity index (χ1v) is 11.9. The highest BCUT2D eigenvalue weighted by Crippen LogP contribution is 2.44. The molecule has 1 N–H and O–H groups in total. The maximum absolute atomic E-state index is 13.6. The zero-order valence-electron chi connectivity index (χ0n) is 18.7. The van der Waals surface area contributed by atoms with Crippen LogP contribution in [0, 0.1) is 28.5 Å². The van der Waals surface area contributed by atoms with Crippen LogP contribution in [0.4, 0.5) is 15.1 Å². The average molecular weight is 440 g/mol. The lowest BCUT2D eigenvalue weighted by Crippen LogP contribution is -2.42. The summed E-state index contributed by atoms with van der Waals surface area (Å²) < 4.78 is 13.6. The van der Waals surface area contributed by atoms with Crippen LogP contribution in [0.2, 0.25) is 0 Å². The van der Waals surface area contributed by atoms with E-state index in [1.54, 1.807) is 23.5 Å². The zero-order valence-corrected chi connectivity index (χ0v) is 19.5. The Kier molecular flexibility index (Phi) is 5.83. The second-order valence-corrected chi connectivity index (χ2v) is 11.1. The second-order valence-electron chi connectivity index (χ2n) is 9.96. The van der Waals surface area contributed by atoms with Gasteiger partial charge in [-0.05, 0) is 79.7 Å². The standard InChI is InChI=1S/C25H30FN3OS/c1-15-5-6-16-11-18(26)8-10-21(16)29(15)14-23(30)28-24-20(13-27)19-9-7-17(25(2,3)4)12-22(19)31-24/h8,10-11,15,17H,5-7,9,12,14H2,1-4H3,(H,28,30). The number of amides is 1. The van der Waals surface area contributed by atoms with E-state index >= 15 is 0 Å². The molecule has 0 radical (unpaired) electrons. The second kappa shape index (κ2) is 8.27. The molecule has 0 spiro atoms. The minimum atomic E-state index is -0.242. The summed E-state index contributed by atoms with van der Waals surface area (Å²) in [7, 11) is 0. The van der Waals surface area contributed by atoms with Crippen molar-refractivity contribution in [2.75, 3.05) is 16.8 Å². The van der Waals surface area contributed by atoms with Crippen LogP contribution >= 0.6 is 11.3 Å². The SMILES string of the molecule is CC1CCc2cc(F)ccc2N1CC(=O)Nc1sc2c(c1C#N)CCC(C(C)(C)C)C2. The Balaban J connectivity index is 1.53. The molecule has 2 unspecified atom stereocenters. The lowest BCUT2D eigenvalue weighted by molar-refractivity contribution is -0.115. The van der Waals surface area contributed by atoms with Crippen molar-refractivity contribution in [3.05, 3.63) is 45.6 Å². The molecule has 1 aromatic heterocycles. The van der Waals surface area contributed by atoms with E-state index in [2.05, 4.69) is 39.1 Å². The lowest BCUT2D eigenvalue weighted by Gasteiger charge is -2.36. The van der Waals surface area contributed by atoms with Crippen LogP contribution < -0.4 is 10.2 Å². The fourth-order valence-corrected chi connectivity index (χ4v) is 6.18. The maximum Gasteiger partial charge on any atom is 0.244 e. The Bertz CT molecular complexity index is 1050. The monoisotopic (exact) mass is 439 g/mol. The number of halogens is 1. The third kappa shape index (κ3) is 4.34. The summed E-state index contributed by atoms with van der Waals surface area (Å²) in [6.07, 6.45) is 4.64. The maximum atomic E-state index is 13.6. The van der Waals surface area contributed by atoms with E-state index in [4.69, 9.17) is 0 Å². The largest absolute Gasteiger partial charge is 0.359 e. The number of carbonyl (C=O) groups excluding carboxylic acids is 1. The molecule has 164 valence electrons. The highest BCUT2D eigenvalue weighted by Gasteiger charge is 2.33. The summed E-state index contributed by atoms with van der Waals surface area (Å²) in [6.45, 7) is 9.10. The van der Waals surface area contributed by atoms with E-state index in [1.807, 2.05) is 4.90 Å². The molecule has 1 aromatic carbocycles. The molecule has 2 aromatic rings. The molecule has 4 rings (SSSR count). The van der Waals surface area contributed by atoms with Crippen molar-refractivity contribution in [3.8, 4) is 6.07 Å². The van der Waals surface area contributed by atoms with Crippen molar-refractivity contribution < 1.29 is 9.18 Å². The molecule has 31 heavy (non-hydrogen) atoms.